The Hall–Kier alpha value is -2.67. The quantitative estimate of drug-likeness (QED) is 0.590. The van der Waals surface area contributed by atoms with E-state index in [-0.39, 0.29) is 11.6 Å². The van der Waals surface area contributed by atoms with E-state index >= 15 is 0 Å². The van der Waals surface area contributed by atoms with Gasteiger partial charge in [-0.15, -0.1) is 0 Å². The molecule has 0 spiro atoms. The molecule has 28 heavy (non-hydrogen) atoms. The lowest BCUT2D eigenvalue weighted by atomic mass is 10.1. The van der Waals surface area contributed by atoms with E-state index in [2.05, 4.69) is 15.6 Å². The third kappa shape index (κ3) is 5.66. The van der Waals surface area contributed by atoms with Crippen molar-refractivity contribution in [2.45, 2.75) is 20.0 Å². The summed E-state index contributed by atoms with van der Waals surface area (Å²) in [6.07, 6.45) is 0. The molecule has 0 unspecified atom stereocenters. The molecule has 0 aliphatic carbocycles. The molecule has 7 heteroatoms. The molecule has 3 rings (SSSR count). The van der Waals surface area contributed by atoms with E-state index in [0.717, 1.165) is 11.1 Å². The van der Waals surface area contributed by atoms with Gasteiger partial charge in [0.15, 0.2) is 5.96 Å². The number of rotatable bonds is 6. The third-order valence-corrected chi connectivity index (χ3v) is 4.50. The van der Waals surface area contributed by atoms with Crippen molar-refractivity contribution in [2.24, 2.45) is 4.99 Å². The van der Waals surface area contributed by atoms with Crippen molar-refractivity contribution in [3.63, 3.8) is 0 Å². The molecule has 0 amide bonds. The first-order valence-corrected chi connectivity index (χ1v) is 9.53. The summed E-state index contributed by atoms with van der Waals surface area (Å²) >= 11 is 0. The van der Waals surface area contributed by atoms with E-state index in [1.807, 2.05) is 24.0 Å². The molecule has 150 valence electrons. The van der Waals surface area contributed by atoms with Crippen molar-refractivity contribution in [3.8, 4) is 0 Å². The zero-order chi connectivity index (χ0) is 19.8. The Balaban J connectivity index is 1.61. The van der Waals surface area contributed by atoms with Gasteiger partial charge in [-0.25, -0.2) is 13.8 Å². The molecule has 1 heterocycles. The highest BCUT2D eigenvalue weighted by atomic mass is 19.1. The Morgan fingerprint density at radius 3 is 2.43 bits per heavy atom. The molecule has 2 N–H and O–H groups in total. The third-order valence-electron chi connectivity index (χ3n) is 4.50. The first-order valence-electron chi connectivity index (χ1n) is 9.53. The molecule has 2 aromatic rings. The number of nitrogens with zero attached hydrogens (tertiary/aromatic N) is 2. The van der Waals surface area contributed by atoms with Crippen LogP contribution in [0.3, 0.4) is 0 Å². The van der Waals surface area contributed by atoms with Gasteiger partial charge in [0.05, 0.1) is 25.4 Å². The lowest BCUT2D eigenvalue weighted by Crippen LogP contribution is -2.37. The number of anilines is 1. The van der Waals surface area contributed by atoms with Gasteiger partial charge in [-0.2, -0.15) is 0 Å². The number of halogens is 2. The van der Waals surface area contributed by atoms with Crippen LogP contribution in [0.5, 0.6) is 0 Å². The Bertz CT molecular complexity index is 789. The molecule has 0 atom stereocenters. The highest BCUT2D eigenvalue weighted by molar-refractivity contribution is 5.79. The van der Waals surface area contributed by atoms with E-state index in [1.165, 1.54) is 18.2 Å². The van der Waals surface area contributed by atoms with Gasteiger partial charge in [0, 0.05) is 26.2 Å². The number of aliphatic imine (C=N–C) groups is 1. The SMILES string of the molecule is CCNC(=NCc1ccc(N2CCOCC2)c(F)c1)NCc1ccc(F)cc1. The van der Waals surface area contributed by atoms with E-state index in [9.17, 15) is 8.78 Å². The average Bonchev–Trinajstić information content (AvgIpc) is 2.72. The minimum Gasteiger partial charge on any atom is -0.378 e. The van der Waals surface area contributed by atoms with E-state index in [4.69, 9.17) is 4.74 Å². The lowest BCUT2D eigenvalue weighted by molar-refractivity contribution is 0.122. The number of benzene rings is 2. The molecule has 1 fully saturated rings. The number of hydrogen-bond donors (Lipinski definition) is 2. The van der Waals surface area contributed by atoms with Gasteiger partial charge in [-0.05, 0) is 42.3 Å². The maximum Gasteiger partial charge on any atom is 0.191 e. The van der Waals surface area contributed by atoms with Crippen LogP contribution in [0.15, 0.2) is 47.5 Å². The highest BCUT2D eigenvalue weighted by Gasteiger charge is 2.15. The van der Waals surface area contributed by atoms with Gasteiger partial charge >= 0.3 is 0 Å². The van der Waals surface area contributed by atoms with Crippen LogP contribution in [0.1, 0.15) is 18.1 Å². The Labute approximate surface area is 164 Å². The Kier molecular flexibility index (Phi) is 7.19. The van der Waals surface area contributed by atoms with Gasteiger partial charge in [-0.1, -0.05) is 18.2 Å². The smallest absolute Gasteiger partial charge is 0.191 e. The molecule has 2 aromatic carbocycles. The summed E-state index contributed by atoms with van der Waals surface area (Å²) in [5, 5.41) is 6.37. The zero-order valence-electron chi connectivity index (χ0n) is 16.0. The second-order valence-corrected chi connectivity index (χ2v) is 6.56. The summed E-state index contributed by atoms with van der Waals surface area (Å²) < 4.78 is 32.8. The van der Waals surface area contributed by atoms with E-state index in [1.54, 1.807) is 12.1 Å². The summed E-state index contributed by atoms with van der Waals surface area (Å²) in [5.41, 5.74) is 2.36. The van der Waals surface area contributed by atoms with Gasteiger partial charge in [-0.3, -0.25) is 0 Å². The molecule has 5 nitrogen and oxygen atoms in total. The van der Waals surface area contributed by atoms with Crippen molar-refractivity contribution in [1.29, 1.82) is 0 Å². The first-order chi connectivity index (χ1) is 13.7. The standard InChI is InChI=1S/C21H26F2N4O/c1-2-24-21(25-14-16-3-6-18(22)7-4-16)26-15-17-5-8-20(19(23)13-17)27-9-11-28-12-10-27/h3-8,13H,2,9-12,14-15H2,1H3,(H2,24,25,26). The predicted molar refractivity (Wildman–Crippen MR) is 107 cm³/mol. The summed E-state index contributed by atoms with van der Waals surface area (Å²) in [4.78, 5) is 6.52. The minimum absolute atomic E-state index is 0.237. The average molecular weight is 388 g/mol. The number of hydrogen-bond acceptors (Lipinski definition) is 3. The molecular weight excluding hydrogens is 362 g/mol. The summed E-state index contributed by atoms with van der Waals surface area (Å²) in [6, 6.07) is 11.6. The van der Waals surface area contributed by atoms with E-state index < -0.39 is 0 Å². The molecule has 0 radical (unpaired) electrons. The van der Waals surface area contributed by atoms with Gasteiger partial charge in [0.25, 0.3) is 0 Å². The van der Waals surface area contributed by atoms with Gasteiger partial charge < -0.3 is 20.3 Å². The van der Waals surface area contributed by atoms with Crippen LogP contribution < -0.4 is 15.5 Å². The van der Waals surface area contributed by atoms with E-state index in [0.29, 0.717) is 57.6 Å². The lowest BCUT2D eigenvalue weighted by Gasteiger charge is -2.29. The normalized spacial score (nSPS) is 14.8. The molecule has 0 saturated carbocycles. The fourth-order valence-corrected chi connectivity index (χ4v) is 3.01. The maximum absolute atomic E-state index is 14.5. The minimum atomic E-state index is -0.258. The van der Waals surface area contributed by atoms with Crippen LogP contribution in [-0.2, 0) is 17.8 Å². The monoisotopic (exact) mass is 388 g/mol. The fourth-order valence-electron chi connectivity index (χ4n) is 3.01. The predicted octanol–water partition coefficient (Wildman–Crippen LogP) is 3.06. The number of guanidine groups is 1. The molecule has 1 aliphatic heterocycles. The van der Waals surface area contributed by atoms with Crippen LogP contribution in [0.4, 0.5) is 14.5 Å². The maximum atomic E-state index is 14.5. The summed E-state index contributed by atoms with van der Waals surface area (Å²) in [7, 11) is 0. The number of nitrogens with one attached hydrogen (secondary N) is 2. The van der Waals surface area contributed by atoms with Crippen LogP contribution >= 0.6 is 0 Å². The topological polar surface area (TPSA) is 48.9 Å². The van der Waals surface area contributed by atoms with Crippen molar-refractivity contribution in [1.82, 2.24) is 10.6 Å². The van der Waals surface area contributed by atoms with Gasteiger partial charge in [0.2, 0.25) is 0 Å². The van der Waals surface area contributed by atoms with Crippen LogP contribution in [0.2, 0.25) is 0 Å². The molecular formula is C21H26F2N4O. The number of ether oxygens (including phenoxy) is 1. The number of morpholine rings is 1. The largest absolute Gasteiger partial charge is 0.378 e. The second-order valence-electron chi connectivity index (χ2n) is 6.56. The first kappa shape index (κ1) is 20.1. The fraction of sp³-hybridized carbons (Fsp3) is 0.381. The van der Waals surface area contributed by atoms with Gasteiger partial charge in [0.1, 0.15) is 11.6 Å². The van der Waals surface area contributed by atoms with Crippen LogP contribution in [0, 0.1) is 11.6 Å². The molecule has 1 aliphatic rings. The van der Waals surface area contributed by atoms with Crippen LogP contribution in [0.25, 0.3) is 0 Å². The van der Waals surface area contributed by atoms with Crippen molar-refractivity contribution in [2.75, 3.05) is 37.7 Å². The highest BCUT2D eigenvalue weighted by Crippen LogP contribution is 2.22. The Morgan fingerprint density at radius 1 is 1.04 bits per heavy atom. The van der Waals surface area contributed by atoms with Crippen molar-refractivity contribution < 1.29 is 13.5 Å². The zero-order valence-corrected chi connectivity index (χ0v) is 16.0. The second kappa shape index (κ2) is 10.0. The molecule has 0 bridgehead atoms. The molecule has 0 aromatic heterocycles. The van der Waals surface area contributed by atoms with Crippen LogP contribution in [-0.4, -0.2) is 38.8 Å². The van der Waals surface area contributed by atoms with Crippen molar-refractivity contribution >= 4 is 11.6 Å². The Morgan fingerprint density at radius 2 is 1.75 bits per heavy atom. The van der Waals surface area contributed by atoms with Crippen molar-refractivity contribution in [3.05, 3.63) is 65.2 Å². The summed E-state index contributed by atoms with van der Waals surface area (Å²) in [5.74, 6) is 0.134. The molecule has 1 saturated heterocycles. The summed E-state index contributed by atoms with van der Waals surface area (Å²) in [6.45, 7) is 6.22.